The maximum atomic E-state index is 4.87. The van der Waals surface area contributed by atoms with Crippen LogP contribution in [0.4, 0.5) is 0 Å². The first-order valence-corrected chi connectivity index (χ1v) is 1.86. The molecule has 0 aliphatic heterocycles. The fourth-order valence-corrected chi connectivity index (χ4v) is 0.169. The highest BCUT2D eigenvalue weighted by Gasteiger charge is 1.71. The average molecular weight is 92.1 g/mol. The van der Waals surface area contributed by atoms with Crippen LogP contribution in [0.2, 0.25) is 0 Å². The van der Waals surface area contributed by atoms with E-state index in [2.05, 4.69) is 17.2 Å². The van der Waals surface area contributed by atoms with Gasteiger partial charge in [0.15, 0.2) is 0 Å². The van der Waals surface area contributed by atoms with Crippen molar-refractivity contribution in [2.24, 2.45) is 0 Å². The molecule has 0 atom stereocenters. The summed E-state index contributed by atoms with van der Waals surface area (Å²) in [6, 6.07) is 0. The standard InChI is InChI=1S/C6H6N/c1-3-5-7-6-4-2/h1-2,5,7H,6H2. The summed E-state index contributed by atoms with van der Waals surface area (Å²) >= 11 is 0. The molecular weight excluding hydrogens is 86.1 g/mol. The predicted octanol–water partition coefficient (Wildman–Crippen LogP) is 0.00419. The van der Waals surface area contributed by atoms with Crippen molar-refractivity contribution in [2.45, 2.75) is 0 Å². The molecule has 0 saturated carbocycles. The first kappa shape index (κ1) is 6.08. The lowest BCUT2D eigenvalue weighted by atomic mass is 10.6. The van der Waals surface area contributed by atoms with E-state index in [0.717, 1.165) is 0 Å². The van der Waals surface area contributed by atoms with Crippen LogP contribution >= 0.6 is 0 Å². The second kappa shape index (κ2) is 5.08. The number of nitrogens with one attached hydrogen (secondary N) is 1. The zero-order valence-corrected chi connectivity index (χ0v) is 3.94. The van der Waals surface area contributed by atoms with Crippen LogP contribution < -0.4 is 5.32 Å². The number of hydrogen-bond acceptors (Lipinski definition) is 1. The van der Waals surface area contributed by atoms with Gasteiger partial charge in [0.1, 0.15) is 0 Å². The second-order valence-electron chi connectivity index (χ2n) is 0.896. The molecule has 0 unspecified atom stereocenters. The molecule has 0 saturated heterocycles. The van der Waals surface area contributed by atoms with Crippen LogP contribution in [0, 0.1) is 31.2 Å². The molecule has 0 aromatic carbocycles. The van der Waals surface area contributed by atoms with Crippen molar-refractivity contribution < 1.29 is 0 Å². The first-order valence-electron chi connectivity index (χ1n) is 1.86. The molecule has 0 heterocycles. The molecule has 1 nitrogen and oxygen atoms in total. The van der Waals surface area contributed by atoms with Crippen LogP contribution in [-0.2, 0) is 0 Å². The normalized spacial score (nSPS) is 6.57. The summed E-state index contributed by atoms with van der Waals surface area (Å²) in [6.45, 7) is 1.98. The van der Waals surface area contributed by atoms with E-state index in [1.807, 2.05) is 0 Å². The number of rotatable bonds is 2. The first-order chi connectivity index (χ1) is 3.41. The fraction of sp³-hybridized carbons (Fsp3) is 0.167. The summed E-state index contributed by atoms with van der Waals surface area (Å²) in [6.07, 6.45) is 9.70. The van der Waals surface area contributed by atoms with E-state index < -0.39 is 0 Å². The molecular formula is C6H6N. The van der Waals surface area contributed by atoms with Gasteiger partial charge in [-0.25, -0.2) is 0 Å². The van der Waals surface area contributed by atoms with Crippen LogP contribution in [0.15, 0.2) is 0 Å². The Morgan fingerprint density at radius 1 is 1.57 bits per heavy atom. The van der Waals surface area contributed by atoms with Crippen molar-refractivity contribution in [3.63, 3.8) is 0 Å². The van der Waals surface area contributed by atoms with Crippen LogP contribution in [-0.4, -0.2) is 6.54 Å². The van der Waals surface area contributed by atoms with Crippen molar-refractivity contribution in [1.82, 2.24) is 5.32 Å². The summed E-state index contributed by atoms with van der Waals surface area (Å²) in [5.74, 6) is 4.64. The lowest BCUT2D eigenvalue weighted by Crippen LogP contribution is -2.07. The highest BCUT2D eigenvalue weighted by Crippen LogP contribution is 1.58. The third-order valence-corrected chi connectivity index (χ3v) is 0.390. The summed E-state index contributed by atoms with van der Waals surface area (Å²) in [7, 11) is 0. The van der Waals surface area contributed by atoms with Gasteiger partial charge in [-0.1, -0.05) is 11.8 Å². The van der Waals surface area contributed by atoms with E-state index in [9.17, 15) is 0 Å². The Balaban J connectivity index is 2.77. The Bertz CT molecular complexity index is 88.3. The van der Waals surface area contributed by atoms with Gasteiger partial charge in [0.2, 0.25) is 0 Å². The maximum Gasteiger partial charge on any atom is 0.0964 e. The average Bonchev–Trinajstić information content (AvgIpc) is 1.69. The van der Waals surface area contributed by atoms with Gasteiger partial charge in [-0.2, -0.15) is 0 Å². The molecule has 35 valence electrons. The molecule has 0 aromatic heterocycles. The van der Waals surface area contributed by atoms with Crippen molar-refractivity contribution in [2.75, 3.05) is 6.54 Å². The minimum absolute atomic E-state index is 0.504. The highest BCUT2D eigenvalue weighted by molar-refractivity contribution is 5.01. The van der Waals surface area contributed by atoms with Gasteiger partial charge >= 0.3 is 0 Å². The second-order valence-corrected chi connectivity index (χ2v) is 0.896. The molecule has 0 bridgehead atoms. The molecule has 1 N–H and O–H groups in total. The van der Waals surface area contributed by atoms with Crippen molar-refractivity contribution in [1.29, 1.82) is 0 Å². The van der Waals surface area contributed by atoms with Crippen molar-refractivity contribution >= 4 is 0 Å². The quantitative estimate of drug-likeness (QED) is 0.373. The van der Waals surface area contributed by atoms with Gasteiger partial charge in [-0.3, -0.25) is 5.32 Å². The van der Waals surface area contributed by atoms with Crippen LogP contribution in [0.3, 0.4) is 0 Å². The topological polar surface area (TPSA) is 12.0 Å². The fourth-order valence-electron chi connectivity index (χ4n) is 0.169. The summed E-state index contributed by atoms with van der Waals surface area (Å²) < 4.78 is 0. The Morgan fingerprint density at radius 3 is 2.71 bits per heavy atom. The van der Waals surface area contributed by atoms with E-state index >= 15 is 0 Å². The molecule has 0 aliphatic carbocycles. The van der Waals surface area contributed by atoms with Gasteiger partial charge in [0, 0.05) is 0 Å². The van der Waals surface area contributed by atoms with Crippen molar-refractivity contribution in [3.8, 4) is 24.7 Å². The van der Waals surface area contributed by atoms with Crippen LogP contribution in [0.25, 0.3) is 0 Å². The molecule has 0 amide bonds. The van der Waals surface area contributed by atoms with Gasteiger partial charge in [0.05, 0.1) is 13.1 Å². The Morgan fingerprint density at radius 2 is 2.29 bits per heavy atom. The summed E-state index contributed by atoms with van der Waals surface area (Å²) in [4.78, 5) is 0. The van der Waals surface area contributed by atoms with Crippen LogP contribution in [0.5, 0.6) is 0 Å². The van der Waals surface area contributed by atoms with Gasteiger partial charge in [0.25, 0.3) is 0 Å². The lowest BCUT2D eigenvalue weighted by molar-refractivity contribution is 0.960. The van der Waals surface area contributed by atoms with E-state index in [1.54, 1.807) is 0 Å². The Labute approximate surface area is 44.1 Å². The van der Waals surface area contributed by atoms with E-state index in [-0.39, 0.29) is 0 Å². The molecule has 7 heavy (non-hydrogen) atoms. The molecule has 1 heteroatoms. The molecule has 0 spiro atoms. The maximum absolute atomic E-state index is 4.87. The minimum atomic E-state index is 0.504. The smallest absolute Gasteiger partial charge is 0.0964 e. The zero-order chi connectivity index (χ0) is 5.54. The monoisotopic (exact) mass is 92.1 g/mol. The molecule has 0 aromatic rings. The van der Waals surface area contributed by atoms with Crippen molar-refractivity contribution in [3.05, 3.63) is 6.54 Å². The Kier molecular flexibility index (Phi) is 4.41. The Hall–Kier alpha value is -0.920. The molecule has 0 aliphatic rings. The number of hydrogen-bond donors (Lipinski definition) is 1. The molecule has 1 radical (unpaired) electrons. The zero-order valence-electron chi connectivity index (χ0n) is 3.94. The predicted molar refractivity (Wildman–Crippen MR) is 30.0 cm³/mol. The molecule has 0 fully saturated rings. The summed E-state index contributed by atoms with van der Waals surface area (Å²) in [5.41, 5.74) is 0. The van der Waals surface area contributed by atoms with E-state index in [0.29, 0.717) is 6.54 Å². The SMILES string of the molecule is C#C[CH]NCC#C. The van der Waals surface area contributed by atoms with Gasteiger partial charge < -0.3 is 0 Å². The van der Waals surface area contributed by atoms with Gasteiger partial charge in [-0.05, 0) is 0 Å². The largest absolute Gasteiger partial charge is 0.291 e. The van der Waals surface area contributed by atoms with Gasteiger partial charge in [-0.15, -0.1) is 12.8 Å². The molecule has 0 rings (SSSR count). The third kappa shape index (κ3) is 5.08. The van der Waals surface area contributed by atoms with Crippen LogP contribution in [0.1, 0.15) is 0 Å². The number of terminal acetylenes is 2. The van der Waals surface area contributed by atoms with E-state index in [4.69, 9.17) is 12.8 Å². The van der Waals surface area contributed by atoms with E-state index in [1.165, 1.54) is 6.54 Å². The minimum Gasteiger partial charge on any atom is -0.291 e. The lowest BCUT2D eigenvalue weighted by Gasteiger charge is -1.85. The highest BCUT2D eigenvalue weighted by atomic mass is 14.8. The third-order valence-electron chi connectivity index (χ3n) is 0.390. The summed E-state index contributed by atoms with van der Waals surface area (Å²) in [5, 5.41) is 2.69.